The topological polar surface area (TPSA) is 122 Å². The summed E-state index contributed by atoms with van der Waals surface area (Å²) in [5, 5.41) is 3.14. The van der Waals surface area contributed by atoms with E-state index in [4.69, 9.17) is 10.5 Å². The number of nitrogens with zero attached hydrogens (tertiary/aromatic N) is 2. The second-order valence-corrected chi connectivity index (χ2v) is 10.6. The third-order valence-corrected chi connectivity index (χ3v) is 6.08. The molecule has 0 aromatic heterocycles. The van der Waals surface area contributed by atoms with E-state index in [0.29, 0.717) is 37.6 Å². The molecule has 31 heavy (non-hydrogen) atoms. The van der Waals surface area contributed by atoms with E-state index in [9.17, 15) is 18.0 Å². The van der Waals surface area contributed by atoms with Crippen molar-refractivity contribution < 1.29 is 22.7 Å². The average Bonchev–Trinajstić information content (AvgIpc) is 2.65. The van der Waals surface area contributed by atoms with Crippen molar-refractivity contribution in [3.63, 3.8) is 0 Å². The van der Waals surface area contributed by atoms with Crippen molar-refractivity contribution >= 4 is 33.2 Å². The molecule has 0 radical (unpaired) electrons. The number of anilines is 2. The van der Waals surface area contributed by atoms with Crippen molar-refractivity contribution in [2.75, 3.05) is 48.0 Å². The number of carbonyl (C=O) groups is 2. The predicted octanol–water partition coefficient (Wildman–Crippen LogP) is 1.47. The summed E-state index contributed by atoms with van der Waals surface area (Å²) in [7, 11) is -3.04. The Hall–Kier alpha value is -2.17. The number of benzene rings is 1. The zero-order chi connectivity index (χ0) is 23.3. The molecule has 1 unspecified atom stereocenters. The maximum atomic E-state index is 12.8. The quantitative estimate of drug-likeness (QED) is 0.570. The second kappa shape index (κ2) is 10.4. The molecule has 0 saturated carbocycles. The van der Waals surface area contributed by atoms with Crippen molar-refractivity contribution in [1.29, 1.82) is 0 Å². The normalized spacial score (nSPS) is 17.5. The monoisotopic (exact) mass is 454 g/mol. The van der Waals surface area contributed by atoms with Gasteiger partial charge in [0.2, 0.25) is 5.91 Å². The van der Waals surface area contributed by atoms with E-state index in [-0.39, 0.29) is 29.7 Å². The first-order valence-corrected chi connectivity index (χ1v) is 12.5. The number of sulfone groups is 1. The molecule has 0 fully saturated rings. The van der Waals surface area contributed by atoms with Gasteiger partial charge >= 0.3 is 6.09 Å². The standard InChI is InChI=1S/C21H34N4O5S/c1-14(2)30-21(27)24-13-15(3)25(16(4)26)19-7-6-17(10-20(19)24)18(11-22)12-23-8-9-31(5,28)29/h6-7,10,14-15,18,23H,8-9,11-13,22H2,1-5H3/t15-,18?/m0/s1. The number of fused-ring (bicyclic) bond motifs is 1. The molecule has 0 aliphatic carbocycles. The molecule has 1 aliphatic heterocycles. The molecule has 3 N–H and O–H groups in total. The Balaban J connectivity index is 2.34. The summed E-state index contributed by atoms with van der Waals surface area (Å²) in [4.78, 5) is 28.3. The van der Waals surface area contributed by atoms with Crippen molar-refractivity contribution in [1.82, 2.24) is 5.32 Å². The van der Waals surface area contributed by atoms with Gasteiger partial charge in [-0.25, -0.2) is 13.2 Å². The Bertz CT molecular complexity index is 903. The Morgan fingerprint density at radius 3 is 2.52 bits per heavy atom. The first-order valence-electron chi connectivity index (χ1n) is 10.4. The first kappa shape index (κ1) is 25.1. The minimum atomic E-state index is -3.04. The lowest BCUT2D eigenvalue weighted by atomic mass is 9.96. The molecule has 0 spiro atoms. The SMILES string of the molecule is CC(=O)N1c2ccc(C(CN)CNCCS(C)(=O)=O)cc2N(C(=O)OC(C)C)C[C@@H]1C. The van der Waals surface area contributed by atoms with Gasteiger partial charge in [0.1, 0.15) is 9.84 Å². The predicted molar refractivity (Wildman–Crippen MR) is 122 cm³/mol. The number of amides is 2. The molecule has 9 nitrogen and oxygen atoms in total. The van der Waals surface area contributed by atoms with Gasteiger partial charge < -0.3 is 20.7 Å². The van der Waals surface area contributed by atoms with Crippen molar-refractivity contribution in [2.24, 2.45) is 5.73 Å². The van der Waals surface area contributed by atoms with Crippen LogP contribution in [0.3, 0.4) is 0 Å². The van der Waals surface area contributed by atoms with Crippen LogP contribution in [0.2, 0.25) is 0 Å². The van der Waals surface area contributed by atoms with Crippen LogP contribution in [0.25, 0.3) is 0 Å². The van der Waals surface area contributed by atoms with Gasteiger partial charge in [-0.05, 0) is 38.5 Å². The van der Waals surface area contributed by atoms with Gasteiger partial charge in [-0.15, -0.1) is 0 Å². The van der Waals surface area contributed by atoms with Crippen molar-refractivity contribution in [3.8, 4) is 0 Å². The molecule has 10 heteroatoms. The number of hydrogen-bond acceptors (Lipinski definition) is 7. The fourth-order valence-corrected chi connectivity index (χ4v) is 4.20. The van der Waals surface area contributed by atoms with Crippen LogP contribution in [0.15, 0.2) is 18.2 Å². The number of nitrogens with one attached hydrogen (secondary N) is 1. The number of nitrogens with two attached hydrogens (primary N) is 1. The molecule has 1 aromatic carbocycles. The zero-order valence-corrected chi connectivity index (χ0v) is 19.7. The fourth-order valence-electron chi connectivity index (χ4n) is 3.69. The third-order valence-electron chi connectivity index (χ3n) is 5.13. The molecule has 1 heterocycles. The Morgan fingerprint density at radius 1 is 1.29 bits per heavy atom. The Morgan fingerprint density at radius 2 is 1.97 bits per heavy atom. The van der Waals surface area contributed by atoms with Gasteiger partial charge in [-0.3, -0.25) is 9.69 Å². The van der Waals surface area contributed by atoms with Gasteiger partial charge in [-0.2, -0.15) is 0 Å². The largest absolute Gasteiger partial charge is 0.446 e. The molecule has 174 valence electrons. The molecule has 2 amide bonds. The average molecular weight is 455 g/mol. The molecule has 2 atom stereocenters. The van der Waals surface area contributed by atoms with Crippen molar-refractivity contribution in [2.45, 2.75) is 45.8 Å². The summed E-state index contributed by atoms with van der Waals surface area (Å²) in [5.41, 5.74) is 8.13. The number of hydrogen-bond donors (Lipinski definition) is 2. The highest BCUT2D eigenvalue weighted by Gasteiger charge is 2.35. The molecular formula is C21H34N4O5S. The maximum Gasteiger partial charge on any atom is 0.414 e. The van der Waals surface area contributed by atoms with Gasteiger partial charge in [0.15, 0.2) is 0 Å². The fraction of sp³-hybridized carbons (Fsp3) is 0.619. The number of carbonyl (C=O) groups excluding carboxylic acids is 2. The van der Waals surface area contributed by atoms with E-state index in [2.05, 4.69) is 5.32 Å². The third kappa shape index (κ3) is 6.65. The lowest BCUT2D eigenvalue weighted by Gasteiger charge is -2.40. The summed E-state index contributed by atoms with van der Waals surface area (Å²) in [5.74, 6) is -0.136. The summed E-state index contributed by atoms with van der Waals surface area (Å²) in [6.07, 6.45) is 0.473. The molecule has 1 aromatic rings. The smallest absolute Gasteiger partial charge is 0.414 e. The van der Waals surface area contributed by atoms with Crippen LogP contribution < -0.4 is 20.9 Å². The highest BCUT2D eigenvalue weighted by molar-refractivity contribution is 7.90. The summed E-state index contributed by atoms with van der Waals surface area (Å²) < 4.78 is 28.1. The molecule has 0 saturated heterocycles. The lowest BCUT2D eigenvalue weighted by Crippen LogP contribution is -2.51. The van der Waals surface area contributed by atoms with Crippen LogP contribution >= 0.6 is 0 Å². The Kier molecular flexibility index (Phi) is 8.44. The highest BCUT2D eigenvalue weighted by Crippen LogP contribution is 2.38. The number of rotatable bonds is 8. The Labute approximate surface area is 184 Å². The van der Waals surface area contributed by atoms with Crippen LogP contribution in [-0.4, -0.2) is 70.8 Å². The van der Waals surface area contributed by atoms with Gasteiger partial charge in [0.25, 0.3) is 0 Å². The number of ether oxygens (including phenoxy) is 1. The van der Waals surface area contributed by atoms with Gasteiger partial charge in [0.05, 0.1) is 29.3 Å². The molecule has 2 rings (SSSR count). The highest BCUT2D eigenvalue weighted by atomic mass is 32.2. The van der Waals surface area contributed by atoms with Crippen LogP contribution in [-0.2, 0) is 19.4 Å². The van der Waals surface area contributed by atoms with E-state index in [1.165, 1.54) is 13.2 Å². The first-order chi connectivity index (χ1) is 14.4. The van der Waals surface area contributed by atoms with Gasteiger partial charge in [-0.1, -0.05) is 6.07 Å². The molecule has 0 bridgehead atoms. The minimum absolute atomic E-state index is 0.0504. The summed E-state index contributed by atoms with van der Waals surface area (Å²) in [6.45, 7) is 8.47. The van der Waals surface area contributed by atoms with E-state index in [0.717, 1.165) is 5.56 Å². The van der Waals surface area contributed by atoms with Crippen LogP contribution in [0.4, 0.5) is 16.2 Å². The van der Waals surface area contributed by atoms with E-state index >= 15 is 0 Å². The van der Waals surface area contributed by atoms with Crippen molar-refractivity contribution in [3.05, 3.63) is 23.8 Å². The van der Waals surface area contributed by atoms with E-state index < -0.39 is 15.9 Å². The molecule has 1 aliphatic rings. The van der Waals surface area contributed by atoms with E-state index in [1.807, 2.05) is 25.1 Å². The van der Waals surface area contributed by atoms with Crippen LogP contribution in [0.1, 0.15) is 39.2 Å². The molecular weight excluding hydrogens is 420 g/mol. The van der Waals surface area contributed by atoms with Crippen LogP contribution in [0.5, 0.6) is 0 Å². The minimum Gasteiger partial charge on any atom is -0.446 e. The lowest BCUT2D eigenvalue weighted by molar-refractivity contribution is -0.117. The maximum absolute atomic E-state index is 12.8. The zero-order valence-electron chi connectivity index (χ0n) is 18.9. The van der Waals surface area contributed by atoms with Gasteiger partial charge in [0, 0.05) is 45.3 Å². The second-order valence-electron chi connectivity index (χ2n) is 8.30. The van der Waals surface area contributed by atoms with E-state index in [1.54, 1.807) is 23.6 Å². The summed E-state index contributed by atoms with van der Waals surface area (Å²) >= 11 is 0. The van der Waals surface area contributed by atoms with Crippen LogP contribution in [0, 0.1) is 0 Å². The summed E-state index contributed by atoms with van der Waals surface area (Å²) in [6, 6.07) is 5.40.